The quantitative estimate of drug-likeness (QED) is 0.211. The van der Waals surface area contributed by atoms with Gasteiger partial charge in [0.05, 0.1) is 6.10 Å². The highest BCUT2D eigenvalue weighted by atomic mass is 16.5. The van der Waals surface area contributed by atoms with Crippen molar-refractivity contribution >= 4 is 5.57 Å². The Balaban J connectivity index is 0.00000334. The number of benzene rings is 1. The summed E-state index contributed by atoms with van der Waals surface area (Å²) in [6.45, 7) is 14.0. The zero-order chi connectivity index (χ0) is 27.3. The highest BCUT2D eigenvalue weighted by Crippen LogP contribution is 2.30. The van der Waals surface area contributed by atoms with E-state index < -0.39 is 6.10 Å². The molecule has 37 heavy (non-hydrogen) atoms. The summed E-state index contributed by atoms with van der Waals surface area (Å²) in [4.78, 5) is 2.34. The van der Waals surface area contributed by atoms with Crippen LogP contribution < -0.4 is 0 Å². The van der Waals surface area contributed by atoms with Crippen molar-refractivity contribution in [2.24, 2.45) is 0 Å². The van der Waals surface area contributed by atoms with Gasteiger partial charge in [0.2, 0.25) is 0 Å². The van der Waals surface area contributed by atoms with Gasteiger partial charge in [-0.25, -0.2) is 0 Å². The molecular formula is C33H47NO3. The number of hydrogen-bond acceptors (Lipinski definition) is 4. The van der Waals surface area contributed by atoms with E-state index in [4.69, 9.17) is 4.74 Å². The predicted molar refractivity (Wildman–Crippen MR) is 159 cm³/mol. The Morgan fingerprint density at radius 2 is 1.78 bits per heavy atom. The van der Waals surface area contributed by atoms with Gasteiger partial charge in [0.15, 0.2) is 0 Å². The van der Waals surface area contributed by atoms with Crippen LogP contribution in [0.15, 0.2) is 108 Å². The second-order valence-corrected chi connectivity index (χ2v) is 8.25. The maximum absolute atomic E-state index is 10.0. The van der Waals surface area contributed by atoms with E-state index in [-0.39, 0.29) is 6.61 Å². The van der Waals surface area contributed by atoms with Gasteiger partial charge in [-0.2, -0.15) is 0 Å². The fourth-order valence-corrected chi connectivity index (χ4v) is 3.86. The zero-order valence-corrected chi connectivity index (χ0v) is 23.4. The number of hydrogen-bond donors (Lipinski definition) is 2. The van der Waals surface area contributed by atoms with Crippen LogP contribution in [0.5, 0.6) is 0 Å². The van der Waals surface area contributed by atoms with Gasteiger partial charge < -0.3 is 19.8 Å². The molecule has 1 unspecified atom stereocenters. The first kappa shape index (κ1) is 32.1. The number of likely N-dealkylation sites (N-methyl/N-ethyl adjacent to an activating group) is 1. The Morgan fingerprint density at radius 1 is 1.05 bits per heavy atom. The van der Waals surface area contributed by atoms with Crippen LogP contribution in [0.3, 0.4) is 0 Å². The fraction of sp³-hybridized carbons (Fsp3) is 0.394. The highest BCUT2D eigenvalue weighted by molar-refractivity contribution is 5.77. The van der Waals surface area contributed by atoms with Gasteiger partial charge in [-0.3, -0.25) is 0 Å². The predicted octanol–water partition coefficient (Wildman–Crippen LogP) is 7.03. The normalized spacial score (nSPS) is 16.5. The van der Waals surface area contributed by atoms with Crippen LogP contribution in [0.25, 0.3) is 5.57 Å². The van der Waals surface area contributed by atoms with Gasteiger partial charge in [-0.15, -0.1) is 0 Å². The van der Waals surface area contributed by atoms with Crippen molar-refractivity contribution in [3.8, 4) is 0 Å². The Bertz CT molecular complexity index is 961. The summed E-state index contributed by atoms with van der Waals surface area (Å²) < 4.78 is 6.05. The lowest BCUT2D eigenvalue weighted by molar-refractivity contribution is 0.171. The largest absolute Gasteiger partial charge is 0.492 e. The summed E-state index contributed by atoms with van der Waals surface area (Å²) >= 11 is 0. The number of nitrogens with zero attached hydrogens (tertiary/aromatic N) is 1. The van der Waals surface area contributed by atoms with Crippen LogP contribution in [0.2, 0.25) is 0 Å². The minimum absolute atomic E-state index is 0.132. The molecule has 0 saturated heterocycles. The first-order valence-corrected chi connectivity index (χ1v) is 13.6. The van der Waals surface area contributed by atoms with Gasteiger partial charge in [0.1, 0.15) is 12.4 Å². The molecule has 0 fully saturated rings. The van der Waals surface area contributed by atoms with Crippen LogP contribution in [0, 0.1) is 0 Å². The molecule has 202 valence electrons. The third-order valence-corrected chi connectivity index (χ3v) is 5.83. The van der Waals surface area contributed by atoms with E-state index >= 15 is 0 Å². The molecule has 0 aliphatic heterocycles. The third kappa shape index (κ3) is 12.2. The SMILES string of the molecule is CC.C\C=C/C(=C\C=C\C(C1=CC=CC(O)C=C1)=C(\CCCO)c1ccccc1)OCCN(CC)CC. The summed E-state index contributed by atoms with van der Waals surface area (Å²) in [7, 11) is 0. The molecule has 1 aromatic carbocycles. The van der Waals surface area contributed by atoms with E-state index in [0.29, 0.717) is 13.0 Å². The van der Waals surface area contributed by atoms with Crippen molar-refractivity contribution in [3.63, 3.8) is 0 Å². The second kappa shape index (κ2) is 20.2. The highest BCUT2D eigenvalue weighted by Gasteiger charge is 2.11. The summed E-state index contributed by atoms with van der Waals surface area (Å²) in [5, 5.41) is 19.6. The zero-order valence-electron chi connectivity index (χ0n) is 23.4. The Labute approximate surface area is 225 Å². The van der Waals surface area contributed by atoms with E-state index in [1.807, 2.05) is 81.5 Å². The minimum atomic E-state index is -0.605. The third-order valence-electron chi connectivity index (χ3n) is 5.83. The maximum Gasteiger partial charge on any atom is 0.119 e. The first-order chi connectivity index (χ1) is 18.1. The number of rotatable bonds is 14. The molecule has 0 spiro atoms. The van der Waals surface area contributed by atoms with Crippen molar-refractivity contribution < 1.29 is 14.9 Å². The van der Waals surface area contributed by atoms with Gasteiger partial charge in [0, 0.05) is 13.2 Å². The van der Waals surface area contributed by atoms with Crippen LogP contribution in [-0.4, -0.2) is 54.1 Å². The monoisotopic (exact) mass is 505 g/mol. The molecule has 1 atom stereocenters. The average molecular weight is 506 g/mol. The van der Waals surface area contributed by atoms with Crippen molar-refractivity contribution in [2.45, 2.75) is 53.6 Å². The van der Waals surface area contributed by atoms with E-state index in [0.717, 1.165) is 54.1 Å². The van der Waals surface area contributed by atoms with Crippen LogP contribution in [0.1, 0.15) is 53.0 Å². The Morgan fingerprint density at radius 3 is 2.43 bits per heavy atom. The summed E-state index contributed by atoms with van der Waals surface area (Å²) in [5.41, 5.74) is 4.34. The van der Waals surface area contributed by atoms with E-state index in [9.17, 15) is 10.2 Å². The van der Waals surface area contributed by atoms with E-state index in [2.05, 4.69) is 37.0 Å². The molecule has 0 heterocycles. The maximum atomic E-state index is 10.0. The summed E-state index contributed by atoms with van der Waals surface area (Å²) in [6, 6.07) is 10.3. The van der Waals surface area contributed by atoms with Crippen molar-refractivity contribution in [1.82, 2.24) is 4.90 Å². The molecule has 4 nitrogen and oxygen atoms in total. The molecule has 2 rings (SSSR count). The standard InChI is InChI=1S/C31H41NO3.C2H6/c1-4-13-29(35-25-23-32(5-2)6-3)18-11-19-30(27-16-10-17-28(34)22-21-27)31(20-12-24-33)26-14-8-7-9-15-26;1-2/h4,7-11,13-19,21-22,28,33-34H,5-6,12,20,23-25H2,1-3H3;1-2H3/b13-4-,19-11+,29-18+,31-30+;. The lowest BCUT2D eigenvalue weighted by atomic mass is 9.90. The first-order valence-electron chi connectivity index (χ1n) is 13.6. The molecule has 0 radical (unpaired) electrons. The molecule has 0 saturated carbocycles. The molecule has 1 aliphatic carbocycles. The molecule has 1 aliphatic rings. The molecular weight excluding hydrogens is 458 g/mol. The van der Waals surface area contributed by atoms with E-state index in [1.165, 1.54) is 0 Å². The fourth-order valence-electron chi connectivity index (χ4n) is 3.86. The molecule has 1 aromatic rings. The lowest BCUT2D eigenvalue weighted by Gasteiger charge is -2.18. The number of ether oxygens (including phenoxy) is 1. The average Bonchev–Trinajstić information content (AvgIpc) is 3.16. The van der Waals surface area contributed by atoms with E-state index in [1.54, 1.807) is 12.2 Å². The van der Waals surface area contributed by atoms with Gasteiger partial charge in [0.25, 0.3) is 0 Å². The molecule has 2 N–H and O–H groups in total. The van der Waals surface area contributed by atoms with Gasteiger partial charge >= 0.3 is 0 Å². The number of aliphatic hydroxyl groups excluding tert-OH is 2. The second-order valence-electron chi connectivity index (χ2n) is 8.25. The molecule has 0 amide bonds. The van der Waals surface area contributed by atoms with Crippen molar-refractivity contribution in [1.29, 1.82) is 0 Å². The molecule has 0 bridgehead atoms. The van der Waals surface area contributed by atoms with Crippen molar-refractivity contribution in [2.75, 3.05) is 32.8 Å². The topological polar surface area (TPSA) is 52.9 Å². The summed E-state index contributed by atoms with van der Waals surface area (Å²) in [5.74, 6) is 0.813. The lowest BCUT2D eigenvalue weighted by Crippen LogP contribution is -2.26. The van der Waals surface area contributed by atoms with Gasteiger partial charge in [-0.1, -0.05) is 107 Å². The molecule has 0 aromatic heterocycles. The smallest absolute Gasteiger partial charge is 0.119 e. The Kier molecular flexibility index (Phi) is 17.5. The van der Waals surface area contributed by atoms with Crippen LogP contribution in [0.4, 0.5) is 0 Å². The number of aliphatic hydroxyl groups is 2. The van der Waals surface area contributed by atoms with Crippen molar-refractivity contribution in [3.05, 3.63) is 114 Å². The van der Waals surface area contributed by atoms with Gasteiger partial charge in [-0.05, 0) is 67.3 Å². The minimum Gasteiger partial charge on any atom is -0.492 e. The van der Waals surface area contributed by atoms with Crippen LogP contribution >= 0.6 is 0 Å². The molecule has 4 heteroatoms. The van der Waals surface area contributed by atoms with Crippen LogP contribution in [-0.2, 0) is 4.74 Å². The number of allylic oxidation sites excluding steroid dienone is 11. The Hall–Kier alpha value is -2.92. The summed E-state index contributed by atoms with van der Waals surface area (Å²) in [6.07, 6.45) is 20.3.